The molecule has 0 aromatic heterocycles. The zero-order valence-corrected chi connectivity index (χ0v) is 19.6. The summed E-state index contributed by atoms with van der Waals surface area (Å²) >= 11 is 1.53. The minimum atomic E-state index is -0.667. The molecule has 0 aliphatic heterocycles. The molecular weight excluding hydrogens is 424 g/mol. The first-order chi connectivity index (χ1) is 15.4. The molecule has 174 valence electrons. The summed E-state index contributed by atoms with van der Waals surface area (Å²) in [6, 6.07) is 7.19. The number of esters is 1. The highest BCUT2D eigenvalue weighted by molar-refractivity contribution is 7.99. The lowest BCUT2D eigenvalue weighted by Crippen LogP contribution is -2.41. The summed E-state index contributed by atoms with van der Waals surface area (Å²) in [5, 5.41) is 21.0. The van der Waals surface area contributed by atoms with Crippen LogP contribution in [0.25, 0.3) is 0 Å². The summed E-state index contributed by atoms with van der Waals surface area (Å²) in [5.41, 5.74) is 1.61. The van der Waals surface area contributed by atoms with E-state index in [1.165, 1.54) is 38.1 Å². The zero-order valence-electron chi connectivity index (χ0n) is 18.7. The highest BCUT2D eigenvalue weighted by Gasteiger charge is 2.46. The molecule has 6 heteroatoms. The van der Waals surface area contributed by atoms with Crippen molar-refractivity contribution in [3.63, 3.8) is 0 Å². The predicted octanol–water partition coefficient (Wildman–Crippen LogP) is 4.30. The van der Waals surface area contributed by atoms with Crippen LogP contribution in [0, 0.1) is 17.3 Å². The maximum atomic E-state index is 12.5. The Hall–Kier alpha value is -1.63. The van der Waals surface area contributed by atoms with Crippen molar-refractivity contribution in [2.24, 2.45) is 17.3 Å². The van der Waals surface area contributed by atoms with Gasteiger partial charge in [-0.05, 0) is 54.7 Å². The molecule has 3 aliphatic rings. The smallest absolute Gasteiger partial charge is 0.337 e. The fourth-order valence-corrected chi connectivity index (χ4v) is 6.51. The largest absolute Gasteiger partial charge is 0.465 e. The van der Waals surface area contributed by atoms with Crippen LogP contribution in [0.1, 0.15) is 67.3 Å². The number of aliphatic hydroxyl groups is 2. The van der Waals surface area contributed by atoms with E-state index in [-0.39, 0.29) is 40.9 Å². The van der Waals surface area contributed by atoms with Gasteiger partial charge in [-0.2, -0.15) is 0 Å². The van der Waals surface area contributed by atoms with Gasteiger partial charge in [0.2, 0.25) is 0 Å². The number of ether oxygens (including phenoxy) is 1. The van der Waals surface area contributed by atoms with Crippen molar-refractivity contribution < 1.29 is 24.5 Å². The van der Waals surface area contributed by atoms with Gasteiger partial charge in [0.1, 0.15) is 5.78 Å². The van der Waals surface area contributed by atoms with E-state index in [1.807, 2.05) is 24.3 Å². The van der Waals surface area contributed by atoms with Gasteiger partial charge in [-0.15, -0.1) is 11.8 Å². The fraction of sp³-hybridized carbons (Fsp3) is 0.615. The predicted molar refractivity (Wildman–Crippen MR) is 125 cm³/mol. The molecule has 5 nitrogen and oxygen atoms in total. The van der Waals surface area contributed by atoms with Crippen LogP contribution < -0.4 is 0 Å². The van der Waals surface area contributed by atoms with E-state index in [1.54, 1.807) is 12.1 Å². The van der Waals surface area contributed by atoms with E-state index in [0.29, 0.717) is 17.7 Å². The van der Waals surface area contributed by atoms with E-state index >= 15 is 0 Å². The van der Waals surface area contributed by atoms with Gasteiger partial charge >= 0.3 is 5.97 Å². The Morgan fingerprint density at radius 2 is 2.00 bits per heavy atom. The number of Topliss-reactive ketones (excluding diaryl/α,β-unsaturated/α-hetero) is 1. The van der Waals surface area contributed by atoms with Crippen LogP contribution in [0.15, 0.2) is 36.4 Å². The van der Waals surface area contributed by atoms with Gasteiger partial charge in [0.05, 0.1) is 30.1 Å². The number of hydrogen-bond acceptors (Lipinski definition) is 6. The Bertz CT molecular complexity index is 840. The molecule has 4 atom stereocenters. The summed E-state index contributed by atoms with van der Waals surface area (Å²) in [7, 11) is 1.36. The molecule has 0 amide bonds. The first kappa shape index (κ1) is 23.5. The second-order valence-electron chi connectivity index (χ2n) is 9.78. The molecule has 0 spiro atoms. The van der Waals surface area contributed by atoms with Crippen LogP contribution in [-0.2, 0) is 15.3 Å². The lowest BCUT2D eigenvalue weighted by atomic mass is 9.61. The van der Waals surface area contributed by atoms with Crippen molar-refractivity contribution in [2.45, 2.75) is 74.6 Å². The van der Waals surface area contributed by atoms with Crippen molar-refractivity contribution in [2.75, 3.05) is 7.11 Å². The van der Waals surface area contributed by atoms with Crippen molar-refractivity contribution in [3.8, 4) is 0 Å². The molecule has 1 aromatic rings. The number of rotatable bonds is 10. The normalized spacial score (nSPS) is 28.0. The monoisotopic (exact) mass is 458 g/mol. The zero-order chi connectivity index (χ0) is 22.7. The maximum absolute atomic E-state index is 12.5. The number of methoxy groups -OCH3 is 1. The van der Waals surface area contributed by atoms with E-state index in [0.717, 1.165) is 30.7 Å². The van der Waals surface area contributed by atoms with Gasteiger partial charge in [-0.3, -0.25) is 4.79 Å². The summed E-state index contributed by atoms with van der Waals surface area (Å²) in [6.07, 6.45) is 11.0. The number of ketones is 1. The third kappa shape index (κ3) is 5.29. The van der Waals surface area contributed by atoms with Crippen molar-refractivity contribution in [1.29, 1.82) is 0 Å². The molecule has 3 saturated carbocycles. The standard InChI is InChI=1S/C26H34O5S/c1-31-25(30)19-10-8-18(9-11-19)16-32-24-20(21(27)14-22(24)28)4-2-5-23(29)26(12-3-13-26)15-17-6-7-17/h2,4,8-11,17,20-21,23-24,27,29H,3,5-7,12-16H2,1H3/b4-2+/t20-,21?,23?,24?/m0/s1. The van der Waals surface area contributed by atoms with Crippen LogP contribution in [-0.4, -0.2) is 46.5 Å². The molecule has 3 fully saturated rings. The first-order valence-corrected chi connectivity index (χ1v) is 12.8. The summed E-state index contributed by atoms with van der Waals surface area (Å²) in [6.45, 7) is 0. The molecule has 0 bridgehead atoms. The van der Waals surface area contributed by atoms with E-state index in [9.17, 15) is 19.8 Å². The molecular formula is C26H34O5S. The summed E-state index contributed by atoms with van der Waals surface area (Å²) in [5.74, 6) is 0.919. The third-order valence-electron chi connectivity index (χ3n) is 7.49. The summed E-state index contributed by atoms with van der Waals surface area (Å²) < 4.78 is 4.72. The van der Waals surface area contributed by atoms with Crippen LogP contribution >= 0.6 is 11.8 Å². The number of aliphatic hydroxyl groups excluding tert-OH is 2. The molecule has 0 saturated heterocycles. The Morgan fingerprint density at radius 3 is 2.59 bits per heavy atom. The Balaban J connectivity index is 1.32. The lowest BCUT2D eigenvalue weighted by Gasteiger charge is -2.46. The van der Waals surface area contributed by atoms with Crippen LogP contribution in [0.5, 0.6) is 0 Å². The Morgan fingerprint density at radius 1 is 1.28 bits per heavy atom. The highest BCUT2D eigenvalue weighted by atomic mass is 32.2. The quantitative estimate of drug-likeness (QED) is 0.402. The molecule has 3 unspecified atom stereocenters. The van der Waals surface area contributed by atoms with Crippen molar-refractivity contribution in [1.82, 2.24) is 0 Å². The van der Waals surface area contributed by atoms with Gasteiger partial charge in [-0.1, -0.05) is 43.5 Å². The van der Waals surface area contributed by atoms with Crippen molar-refractivity contribution >= 4 is 23.5 Å². The van der Waals surface area contributed by atoms with E-state index in [2.05, 4.69) is 0 Å². The van der Waals surface area contributed by atoms with Crippen LogP contribution in [0.3, 0.4) is 0 Å². The van der Waals surface area contributed by atoms with Crippen LogP contribution in [0.2, 0.25) is 0 Å². The first-order valence-electron chi connectivity index (χ1n) is 11.8. The fourth-order valence-electron chi connectivity index (χ4n) is 5.16. The molecule has 32 heavy (non-hydrogen) atoms. The van der Waals surface area contributed by atoms with Gasteiger partial charge in [0, 0.05) is 18.1 Å². The Kier molecular flexibility index (Phi) is 7.43. The minimum Gasteiger partial charge on any atom is -0.465 e. The topological polar surface area (TPSA) is 83.8 Å². The number of carbonyl (C=O) groups is 2. The molecule has 1 aromatic carbocycles. The SMILES string of the molecule is COC(=O)c1ccc(CSC2C(=O)CC(O)[C@@H]2/C=C/CC(O)C2(CC3CC3)CCC2)cc1. The molecule has 0 heterocycles. The average Bonchev–Trinajstić information content (AvgIpc) is 3.54. The highest BCUT2D eigenvalue weighted by Crippen LogP contribution is 2.53. The second kappa shape index (κ2) is 10.1. The summed E-state index contributed by atoms with van der Waals surface area (Å²) in [4.78, 5) is 24.1. The third-order valence-corrected chi connectivity index (χ3v) is 8.93. The number of benzene rings is 1. The van der Waals surface area contributed by atoms with Gasteiger partial charge in [-0.25, -0.2) is 4.79 Å². The van der Waals surface area contributed by atoms with Gasteiger partial charge in [0.15, 0.2) is 0 Å². The number of carbonyl (C=O) groups excluding carboxylic acids is 2. The molecule has 3 aliphatic carbocycles. The maximum Gasteiger partial charge on any atom is 0.337 e. The number of hydrogen-bond donors (Lipinski definition) is 2. The van der Waals surface area contributed by atoms with Crippen molar-refractivity contribution in [3.05, 3.63) is 47.5 Å². The van der Waals surface area contributed by atoms with Crippen LogP contribution in [0.4, 0.5) is 0 Å². The molecule has 4 rings (SSSR count). The van der Waals surface area contributed by atoms with Gasteiger partial charge in [0.25, 0.3) is 0 Å². The van der Waals surface area contributed by atoms with E-state index < -0.39 is 6.10 Å². The average molecular weight is 459 g/mol. The molecule has 2 N–H and O–H groups in total. The van der Waals surface area contributed by atoms with Gasteiger partial charge < -0.3 is 14.9 Å². The van der Waals surface area contributed by atoms with E-state index in [4.69, 9.17) is 4.74 Å². The lowest BCUT2D eigenvalue weighted by molar-refractivity contribution is -0.117. The minimum absolute atomic E-state index is 0.0769. The Labute approximate surface area is 194 Å². The second-order valence-corrected chi connectivity index (χ2v) is 10.9. The number of thioether (sulfide) groups is 1. The molecule has 0 radical (unpaired) electrons.